The fourth-order valence-electron chi connectivity index (χ4n) is 2.73. The zero-order valence-corrected chi connectivity index (χ0v) is 19.9. The normalized spacial score (nSPS) is 16.1. The Labute approximate surface area is 184 Å². The van der Waals surface area contributed by atoms with E-state index in [-0.39, 0.29) is 36.3 Å². The number of ether oxygens (including phenoxy) is 1. The molecule has 1 fully saturated rings. The Balaban J connectivity index is 0.00000364. The van der Waals surface area contributed by atoms with Crippen molar-refractivity contribution in [1.82, 2.24) is 19.1 Å². The summed E-state index contributed by atoms with van der Waals surface area (Å²) < 4.78 is 33.4. The Morgan fingerprint density at radius 1 is 1.41 bits per heavy atom. The maximum atomic E-state index is 12.4. The molecule has 1 saturated heterocycles. The van der Waals surface area contributed by atoms with Crippen LogP contribution in [0.1, 0.15) is 12.6 Å². The molecular formula is C16H29ClIN5O3S. The Morgan fingerprint density at radius 3 is 2.63 bits per heavy atom. The van der Waals surface area contributed by atoms with E-state index in [9.17, 15) is 8.42 Å². The first kappa shape index (κ1) is 24.5. The highest BCUT2D eigenvalue weighted by molar-refractivity contribution is 14.0. The minimum Gasteiger partial charge on any atom is -0.379 e. The van der Waals surface area contributed by atoms with Gasteiger partial charge < -0.3 is 19.5 Å². The Hall–Kier alpha value is -0.560. The molecular weight excluding hydrogens is 505 g/mol. The fourth-order valence-corrected chi connectivity index (χ4v) is 4.29. The zero-order valence-electron chi connectivity index (χ0n) is 16.0. The van der Waals surface area contributed by atoms with Gasteiger partial charge in [0.15, 0.2) is 5.96 Å². The fraction of sp³-hybridized carbons (Fsp3) is 0.688. The van der Waals surface area contributed by atoms with Gasteiger partial charge in [-0.15, -0.1) is 24.0 Å². The second-order valence-electron chi connectivity index (χ2n) is 6.18. The van der Waals surface area contributed by atoms with Gasteiger partial charge in [-0.2, -0.15) is 4.31 Å². The number of nitrogens with one attached hydrogen (secondary N) is 1. The summed E-state index contributed by atoms with van der Waals surface area (Å²) in [5, 5.41) is 3.89. The van der Waals surface area contributed by atoms with E-state index in [0.29, 0.717) is 50.4 Å². The predicted molar refractivity (Wildman–Crippen MR) is 119 cm³/mol. The average molecular weight is 534 g/mol. The van der Waals surface area contributed by atoms with Crippen molar-refractivity contribution in [3.8, 4) is 0 Å². The van der Waals surface area contributed by atoms with Crippen LogP contribution >= 0.6 is 35.6 Å². The molecule has 0 radical (unpaired) electrons. The van der Waals surface area contributed by atoms with Crippen molar-refractivity contribution in [3.63, 3.8) is 0 Å². The summed E-state index contributed by atoms with van der Waals surface area (Å²) in [4.78, 5) is 6.43. The Morgan fingerprint density at radius 2 is 2.07 bits per heavy atom. The quantitative estimate of drug-likeness (QED) is 0.325. The first-order valence-electron chi connectivity index (χ1n) is 8.69. The molecule has 0 saturated carbocycles. The predicted octanol–water partition coefficient (Wildman–Crippen LogP) is 1.36. The summed E-state index contributed by atoms with van der Waals surface area (Å²) >= 11 is 6.03. The van der Waals surface area contributed by atoms with Crippen molar-refractivity contribution in [2.75, 3.05) is 52.2 Å². The van der Waals surface area contributed by atoms with Gasteiger partial charge >= 0.3 is 0 Å². The first-order chi connectivity index (χ1) is 12.3. The highest BCUT2D eigenvalue weighted by atomic mass is 127. The van der Waals surface area contributed by atoms with E-state index in [1.165, 1.54) is 4.31 Å². The molecule has 1 aromatic heterocycles. The number of halogens is 2. The number of aliphatic imine (C=N–C) groups is 1. The first-order valence-corrected chi connectivity index (χ1v) is 10.7. The molecule has 1 aliphatic heterocycles. The van der Waals surface area contributed by atoms with E-state index in [2.05, 4.69) is 10.3 Å². The largest absolute Gasteiger partial charge is 0.379 e. The number of aryl methyl sites for hydroxylation is 1. The number of hydrogen-bond donors (Lipinski definition) is 1. The summed E-state index contributed by atoms with van der Waals surface area (Å²) in [6.07, 6.45) is 1.85. The number of sulfonamides is 1. The van der Waals surface area contributed by atoms with E-state index in [0.717, 1.165) is 5.69 Å². The van der Waals surface area contributed by atoms with Gasteiger partial charge in [0.25, 0.3) is 0 Å². The van der Waals surface area contributed by atoms with Crippen LogP contribution in [0, 0.1) is 0 Å². The number of guanidine groups is 1. The van der Waals surface area contributed by atoms with Gasteiger partial charge in [0.2, 0.25) is 10.0 Å². The number of rotatable bonds is 7. The Kier molecular flexibility index (Phi) is 10.4. The monoisotopic (exact) mass is 533 g/mol. The van der Waals surface area contributed by atoms with Crippen molar-refractivity contribution in [1.29, 1.82) is 0 Å². The standard InChI is InChI=1S/C16H28ClN5O3S.HI/c1-4-18-16(21(3)13-15-11-14(17)12-20(15)2)19-5-10-26(23,24)22-6-8-25-9-7-22;/h11-12H,4-10,13H2,1-3H3,(H,18,19);1H. The average Bonchev–Trinajstić information content (AvgIpc) is 2.92. The van der Waals surface area contributed by atoms with E-state index in [4.69, 9.17) is 16.3 Å². The van der Waals surface area contributed by atoms with E-state index in [1.807, 2.05) is 42.7 Å². The topological polar surface area (TPSA) is 79.2 Å². The van der Waals surface area contributed by atoms with Crippen LogP contribution in [0.2, 0.25) is 5.02 Å². The van der Waals surface area contributed by atoms with Gasteiger partial charge in [0, 0.05) is 45.6 Å². The molecule has 0 unspecified atom stereocenters. The maximum absolute atomic E-state index is 12.4. The molecule has 0 aliphatic carbocycles. The van der Waals surface area contributed by atoms with Gasteiger partial charge in [0.05, 0.1) is 37.1 Å². The molecule has 2 heterocycles. The molecule has 0 spiro atoms. The zero-order chi connectivity index (χ0) is 19.2. The maximum Gasteiger partial charge on any atom is 0.216 e. The molecule has 2 rings (SSSR count). The van der Waals surface area contributed by atoms with Crippen molar-refractivity contribution >= 4 is 51.6 Å². The van der Waals surface area contributed by atoms with Crippen molar-refractivity contribution in [3.05, 3.63) is 23.0 Å². The molecule has 0 aromatic carbocycles. The molecule has 8 nitrogen and oxygen atoms in total. The smallest absolute Gasteiger partial charge is 0.216 e. The number of aromatic nitrogens is 1. The van der Waals surface area contributed by atoms with Crippen LogP contribution in [0.5, 0.6) is 0 Å². The molecule has 0 amide bonds. The van der Waals surface area contributed by atoms with Gasteiger partial charge in [0.1, 0.15) is 0 Å². The van der Waals surface area contributed by atoms with Crippen LogP contribution in [-0.2, 0) is 28.4 Å². The summed E-state index contributed by atoms with van der Waals surface area (Å²) in [5.74, 6) is 0.660. The van der Waals surface area contributed by atoms with Crippen molar-refractivity contribution in [2.24, 2.45) is 12.0 Å². The lowest BCUT2D eigenvalue weighted by molar-refractivity contribution is 0.0731. The summed E-state index contributed by atoms with van der Waals surface area (Å²) in [5.41, 5.74) is 1.05. The third-order valence-corrected chi connectivity index (χ3v) is 6.20. The lowest BCUT2D eigenvalue weighted by Gasteiger charge is -2.26. The SMILES string of the molecule is CCNC(=NCCS(=O)(=O)N1CCOCC1)N(C)Cc1cc(Cl)cn1C.I. The lowest BCUT2D eigenvalue weighted by Crippen LogP contribution is -2.42. The Bertz CT molecular complexity index is 720. The van der Waals surface area contributed by atoms with Gasteiger partial charge in [-0.05, 0) is 13.0 Å². The van der Waals surface area contributed by atoms with Crippen LogP contribution in [0.15, 0.2) is 17.3 Å². The van der Waals surface area contributed by atoms with Crippen LogP contribution in [0.4, 0.5) is 0 Å². The summed E-state index contributed by atoms with van der Waals surface area (Å²) in [6.45, 7) is 5.24. The van der Waals surface area contributed by atoms with E-state index < -0.39 is 10.0 Å². The van der Waals surface area contributed by atoms with Crippen LogP contribution in [0.25, 0.3) is 0 Å². The van der Waals surface area contributed by atoms with Crippen molar-refractivity contribution in [2.45, 2.75) is 13.5 Å². The third kappa shape index (κ3) is 7.41. The molecule has 27 heavy (non-hydrogen) atoms. The van der Waals surface area contributed by atoms with Gasteiger partial charge in [-0.25, -0.2) is 8.42 Å². The number of morpholine rings is 1. The van der Waals surface area contributed by atoms with Crippen LogP contribution < -0.4 is 5.32 Å². The highest BCUT2D eigenvalue weighted by Gasteiger charge is 2.23. The molecule has 1 aromatic rings. The minimum atomic E-state index is -3.30. The summed E-state index contributed by atoms with van der Waals surface area (Å²) in [7, 11) is 0.551. The molecule has 1 N–H and O–H groups in total. The minimum absolute atomic E-state index is 0. The number of nitrogens with zero attached hydrogens (tertiary/aromatic N) is 4. The van der Waals surface area contributed by atoms with Crippen LogP contribution in [0.3, 0.4) is 0 Å². The van der Waals surface area contributed by atoms with E-state index >= 15 is 0 Å². The lowest BCUT2D eigenvalue weighted by atomic mass is 10.4. The summed E-state index contributed by atoms with van der Waals surface area (Å²) in [6, 6.07) is 1.91. The second kappa shape index (κ2) is 11.4. The van der Waals surface area contributed by atoms with Crippen LogP contribution in [-0.4, -0.2) is 80.3 Å². The third-order valence-electron chi connectivity index (χ3n) is 4.14. The van der Waals surface area contributed by atoms with Gasteiger partial charge in [-0.3, -0.25) is 4.99 Å². The molecule has 0 bridgehead atoms. The van der Waals surface area contributed by atoms with Gasteiger partial charge in [-0.1, -0.05) is 11.6 Å². The molecule has 0 atom stereocenters. The molecule has 11 heteroatoms. The van der Waals surface area contributed by atoms with E-state index in [1.54, 1.807) is 0 Å². The van der Waals surface area contributed by atoms with Crippen molar-refractivity contribution < 1.29 is 13.2 Å². The second-order valence-corrected chi connectivity index (χ2v) is 8.70. The molecule has 156 valence electrons. The molecule has 1 aliphatic rings. The number of hydrogen-bond acceptors (Lipinski definition) is 4. The highest BCUT2D eigenvalue weighted by Crippen LogP contribution is 2.14.